The Balaban J connectivity index is 1.59. The van der Waals surface area contributed by atoms with Crippen molar-refractivity contribution in [2.75, 3.05) is 11.9 Å². The normalized spacial score (nSPS) is 13.3. The molecule has 0 saturated heterocycles. The maximum Gasteiger partial charge on any atom is 0.342 e. The van der Waals surface area contributed by atoms with Gasteiger partial charge in [0.1, 0.15) is 28.5 Å². The highest BCUT2D eigenvalue weighted by Crippen LogP contribution is 2.46. The minimum Gasteiger partial charge on any atom is -0.462 e. The van der Waals surface area contributed by atoms with E-state index in [0.29, 0.717) is 44.8 Å². The number of furan rings is 1. The molecule has 0 bridgehead atoms. The highest BCUT2D eigenvalue weighted by atomic mass is 79.9. The lowest BCUT2D eigenvalue weighted by Crippen LogP contribution is -2.06. The summed E-state index contributed by atoms with van der Waals surface area (Å²) in [7, 11) is 0. The van der Waals surface area contributed by atoms with Crippen molar-refractivity contribution in [1.29, 1.82) is 0 Å². The summed E-state index contributed by atoms with van der Waals surface area (Å²) < 4.78 is 39.3. The molecule has 1 N–H and O–H groups in total. The largest absolute Gasteiger partial charge is 0.462 e. The van der Waals surface area contributed by atoms with E-state index in [1.165, 1.54) is 18.2 Å². The van der Waals surface area contributed by atoms with Gasteiger partial charge >= 0.3 is 5.97 Å². The summed E-state index contributed by atoms with van der Waals surface area (Å²) >= 11 is 3.18. The van der Waals surface area contributed by atoms with E-state index in [4.69, 9.17) is 9.15 Å². The fraction of sp³-hybridized carbons (Fsp3) is 0.222. The summed E-state index contributed by atoms with van der Waals surface area (Å²) in [5.74, 6) is -0.431. The molecule has 0 aliphatic heterocycles. The molecule has 0 spiro atoms. The first kappa shape index (κ1) is 22.6. The van der Waals surface area contributed by atoms with Crippen molar-refractivity contribution in [3.05, 3.63) is 87.4 Å². The molecule has 0 unspecified atom stereocenters. The Bertz CT molecular complexity index is 1380. The summed E-state index contributed by atoms with van der Waals surface area (Å²) in [6.07, 6.45) is 2.12. The number of fused-ring (bicyclic) bond motifs is 1. The molecule has 174 valence electrons. The molecule has 1 saturated carbocycles. The van der Waals surface area contributed by atoms with E-state index in [-0.39, 0.29) is 18.2 Å². The van der Waals surface area contributed by atoms with Crippen molar-refractivity contribution in [2.24, 2.45) is 0 Å². The molecular weight excluding hydrogens is 504 g/mol. The Morgan fingerprint density at radius 3 is 2.56 bits per heavy atom. The van der Waals surface area contributed by atoms with Crippen molar-refractivity contribution in [3.8, 4) is 11.3 Å². The lowest BCUT2D eigenvalue weighted by molar-refractivity contribution is 0.0528. The predicted octanol–water partition coefficient (Wildman–Crippen LogP) is 7.81. The molecule has 34 heavy (non-hydrogen) atoms. The average Bonchev–Trinajstić information content (AvgIpc) is 3.60. The van der Waals surface area contributed by atoms with Gasteiger partial charge in [0.25, 0.3) is 0 Å². The summed E-state index contributed by atoms with van der Waals surface area (Å²) in [4.78, 5) is 12.9. The van der Waals surface area contributed by atoms with Crippen molar-refractivity contribution >= 4 is 38.6 Å². The predicted molar refractivity (Wildman–Crippen MR) is 131 cm³/mol. The zero-order valence-electron chi connectivity index (χ0n) is 18.5. The lowest BCUT2D eigenvalue weighted by Gasteiger charge is -2.13. The third kappa shape index (κ3) is 4.44. The number of halogens is 3. The molecule has 0 atom stereocenters. The summed E-state index contributed by atoms with van der Waals surface area (Å²) in [6.45, 7) is 2.42. The van der Waals surface area contributed by atoms with Gasteiger partial charge in [0.05, 0.1) is 11.1 Å². The molecule has 1 fully saturated rings. The molecule has 0 radical (unpaired) electrons. The molecule has 1 aromatic heterocycles. The smallest absolute Gasteiger partial charge is 0.342 e. The molecule has 5 rings (SSSR count). The number of carbonyl (C=O) groups is 1. The molecular formula is C27H22BrF2NO3. The fourth-order valence-corrected chi connectivity index (χ4v) is 4.35. The second kappa shape index (κ2) is 9.22. The Kier molecular flexibility index (Phi) is 6.13. The van der Waals surface area contributed by atoms with Gasteiger partial charge in [0.2, 0.25) is 0 Å². The monoisotopic (exact) mass is 525 g/mol. The minimum absolute atomic E-state index is 0.229. The third-order valence-corrected chi connectivity index (χ3v) is 6.57. The quantitative estimate of drug-likeness (QED) is 0.250. The highest BCUT2D eigenvalue weighted by molar-refractivity contribution is 9.10. The second-order valence-electron chi connectivity index (χ2n) is 8.35. The van der Waals surface area contributed by atoms with Crippen LogP contribution in [0.1, 0.15) is 47.2 Å². The van der Waals surface area contributed by atoms with Crippen LogP contribution >= 0.6 is 15.9 Å². The van der Waals surface area contributed by atoms with E-state index in [2.05, 4.69) is 21.2 Å². The maximum atomic E-state index is 13.9. The SMILES string of the molecule is CCOC(=O)c1c(-c2ccc(F)cc2)oc2cc(NCc3ccc(Br)c(F)c3)c(C3CC3)cc12. The Morgan fingerprint density at radius 2 is 1.88 bits per heavy atom. The van der Waals surface area contributed by atoms with Crippen LogP contribution in [0.4, 0.5) is 14.5 Å². The molecule has 7 heteroatoms. The van der Waals surface area contributed by atoms with Crippen LogP contribution in [0.3, 0.4) is 0 Å². The van der Waals surface area contributed by atoms with Gasteiger partial charge in [-0.1, -0.05) is 6.07 Å². The Hall–Kier alpha value is -3.19. The van der Waals surface area contributed by atoms with Gasteiger partial charge in [-0.15, -0.1) is 0 Å². The van der Waals surface area contributed by atoms with Crippen LogP contribution in [0.5, 0.6) is 0 Å². The number of hydrogen-bond donors (Lipinski definition) is 1. The number of ether oxygens (including phenoxy) is 1. The van der Waals surface area contributed by atoms with Crippen molar-refractivity contribution < 1.29 is 22.7 Å². The van der Waals surface area contributed by atoms with Crippen molar-refractivity contribution in [1.82, 2.24) is 0 Å². The number of rotatable bonds is 7. The topological polar surface area (TPSA) is 51.5 Å². The number of anilines is 1. The fourth-order valence-electron chi connectivity index (χ4n) is 4.10. The summed E-state index contributed by atoms with van der Waals surface area (Å²) in [5, 5.41) is 4.08. The lowest BCUT2D eigenvalue weighted by atomic mass is 10.0. The summed E-state index contributed by atoms with van der Waals surface area (Å²) in [5.41, 5.74) is 4.23. The van der Waals surface area contributed by atoms with Gasteiger partial charge in [0, 0.05) is 29.2 Å². The first-order valence-corrected chi connectivity index (χ1v) is 11.9. The zero-order valence-corrected chi connectivity index (χ0v) is 20.0. The van der Waals surface area contributed by atoms with Gasteiger partial charge < -0.3 is 14.5 Å². The van der Waals surface area contributed by atoms with Gasteiger partial charge in [0.15, 0.2) is 0 Å². The summed E-state index contributed by atoms with van der Waals surface area (Å²) in [6, 6.07) is 14.7. The van der Waals surface area contributed by atoms with Crippen LogP contribution in [0.25, 0.3) is 22.3 Å². The van der Waals surface area contributed by atoms with Gasteiger partial charge in [-0.2, -0.15) is 0 Å². The first-order valence-electron chi connectivity index (χ1n) is 11.2. The van der Waals surface area contributed by atoms with E-state index in [1.54, 1.807) is 25.1 Å². The van der Waals surface area contributed by atoms with Crippen LogP contribution in [0.15, 0.2) is 63.5 Å². The zero-order chi connectivity index (χ0) is 23.8. The van der Waals surface area contributed by atoms with Gasteiger partial charge in [-0.3, -0.25) is 0 Å². The van der Waals surface area contributed by atoms with Crippen LogP contribution in [0, 0.1) is 11.6 Å². The van der Waals surface area contributed by atoms with Crippen LogP contribution < -0.4 is 5.32 Å². The Labute approximate surface area is 204 Å². The van der Waals surface area contributed by atoms with E-state index >= 15 is 0 Å². The standard InChI is InChI=1S/C27H22BrF2NO3/c1-2-33-27(32)25-20-12-19(16-4-5-16)23(31-14-15-3-10-21(28)22(30)11-15)13-24(20)34-26(25)17-6-8-18(29)9-7-17/h3,6-13,16,31H,2,4-5,14H2,1H3. The number of hydrogen-bond acceptors (Lipinski definition) is 4. The van der Waals surface area contributed by atoms with Crippen molar-refractivity contribution in [2.45, 2.75) is 32.2 Å². The molecule has 0 amide bonds. The van der Waals surface area contributed by atoms with Crippen molar-refractivity contribution in [3.63, 3.8) is 0 Å². The number of carbonyl (C=O) groups excluding carboxylic acids is 1. The minimum atomic E-state index is -0.478. The molecule has 1 aliphatic carbocycles. The molecule has 3 aromatic carbocycles. The number of benzene rings is 3. The second-order valence-corrected chi connectivity index (χ2v) is 9.20. The van der Waals surface area contributed by atoms with E-state index in [1.807, 2.05) is 18.2 Å². The maximum absolute atomic E-state index is 13.9. The highest BCUT2D eigenvalue weighted by Gasteiger charge is 2.30. The van der Waals surface area contributed by atoms with Gasteiger partial charge in [-0.05, 0) is 95.2 Å². The van der Waals surface area contributed by atoms with E-state index in [9.17, 15) is 13.6 Å². The number of nitrogens with one attached hydrogen (secondary N) is 1. The van der Waals surface area contributed by atoms with Crippen LogP contribution in [-0.2, 0) is 11.3 Å². The van der Waals surface area contributed by atoms with Gasteiger partial charge in [-0.25, -0.2) is 13.6 Å². The van der Waals surface area contributed by atoms with E-state index in [0.717, 1.165) is 29.7 Å². The Morgan fingerprint density at radius 1 is 1.12 bits per heavy atom. The molecule has 1 aliphatic rings. The molecule has 1 heterocycles. The number of esters is 1. The third-order valence-electron chi connectivity index (χ3n) is 5.93. The molecule has 4 nitrogen and oxygen atoms in total. The van der Waals surface area contributed by atoms with Crippen LogP contribution in [-0.4, -0.2) is 12.6 Å². The average molecular weight is 526 g/mol. The van der Waals surface area contributed by atoms with E-state index < -0.39 is 5.97 Å². The van der Waals surface area contributed by atoms with Crippen LogP contribution in [0.2, 0.25) is 0 Å². The molecule has 4 aromatic rings. The first-order chi connectivity index (χ1) is 16.4.